The number of carbonyl (C=O) groups excluding carboxylic acids is 4. The number of nitrogens with zero attached hydrogens (tertiary/aromatic N) is 7. The monoisotopic (exact) mass is 845 g/mol. The molecule has 7 heterocycles. The summed E-state index contributed by atoms with van der Waals surface area (Å²) in [5, 5.41) is 5.34. The summed E-state index contributed by atoms with van der Waals surface area (Å²) in [7, 11) is 0. The lowest BCUT2D eigenvalue weighted by Gasteiger charge is -2.56. The van der Waals surface area contributed by atoms with E-state index in [0.717, 1.165) is 68.6 Å². The van der Waals surface area contributed by atoms with Crippen LogP contribution in [-0.2, 0) is 9.59 Å². The standard InChI is InChI=1S/C46H49F2N9O5/c1-26(2)56-17-18-62-41-34(47)19-29(20-37(41)56)40-35(48)25-50-45(53-40)51-38-7-3-28(24-49-38)27-9-13-54(14-10-27)31-22-46(23-31)11-15-55(16-12-46)30-4-5-32-33(21-30)44(61)57(43(32)60)36-6-8-39(58)52-42(36)59/h3-5,7,19-21,24-27,31,36H,6,8-18,22-23H2,1-2H3,(H,52,58,59)(H,49,50,51,53). The molecule has 1 aliphatic carbocycles. The van der Waals surface area contributed by atoms with E-state index in [1.807, 2.05) is 37.1 Å². The van der Waals surface area contributed by atoms with E-state index in [-0.39, 0.29) is 36.3 Å². The molecule has 6 aliphatic rings. The molecule has 4 fully saturated rings. The Labute approximate surface area is 358 Å². The number of piperidine rings is 3. The number of fused-ring (bicyclic) bond motifs is 2. The van der Waals surface area contributed by atoms with Crippen LogP contribution in [0.4, 0.5) is 31.9 Å². The van der Waals surface area contributed by atoms with Gasteiger partial charge in [0, 0.05) is 49.0 Å². The van der Waals surface area contributed by atoms with Crippen LogP contribution in [0.3, 0.4) is 0 Å². The van der Waals surface area contributed by atoms with Gasteiger partial charge in [0.2, 0.25) is 17.8 Å². The highest BCUT2D eigenvalue weighted by atomic mass is 19.1. The molecule has 62 heavy (non-hydrogen) atoms. The molecule has 2 aromatic heterocycles. The molecule has 1 spiro atoms. The van der Waals surface area contributed by atoms with Gasteiger partial charge < -0.3 is 24.8 Å². The van der Waals surface area contributed by atoms with Crippen molar-refractivity contribution in [2.45, 2.75) is 89.3 Å². The lowest BCUT2D eigenvalue weighted by molar-refractivity contribution is -0.136. The third-order valence-corrected chi connectivity index (χ3v) is 14.0. The number of amides is 4. The number of imide groups is 2. The molecule has 4 amide bonds. The van der Waals surface area contributed by atoms with Crippen LogP contribution in [0, 0.1) is 17.0 Å². The van der Waals surface area contributed by atoms with Crippen LogP contribution in [0.25, 0.3) is 11.3 Å². The number of nitrogens with one attached hydrogen (secondary N) is 2. The Morgan fingerprint density at radius 1 is 0.855 bits per heavy atom. The van der Waals surface area contributed by atoms with Crippen molar-refractivity contribution in [1.82, 2.24) is 30.1 Å². The fraction of sp³-hybridized carbons (Fsp3) is 0.457. The van der Waals surface area contributed by atoms with Gasteiger partial charge in [-0.15, -0.1) is 0 Å². The van der Waals surface area contributed by atoms with Gasteiger partial charge in [-0.3, -0.25) is 29.4 Å². The minimum Gasteiger partial charge on any atom is -0.486 e. The Morgan fingerprint density at radius 3 is 2.35 bits per heavy atom. The summed E-state index contributed by atoms with van der Waals surface area (Å²) in [5.41, 5.74) is 3.89. The Balaban J connectivity index is 0.707. The van der Waals surface area contributed by atoms with Crippen molar-refractivity contribution in [2.24, 2.45) is 5.41 Å². The molecule has 3 saturated heterocycles. The fourth-order valence-electron chi connectivity index (χ4n) is 10.5. The number of rotatable bonds is 8. The third kappa shape index (κ3) is 7.21. The quantitative estimate of drug-likeness (QED) is 0.194. The SMILES string of the molecule is CC(C)N1CCOc2c(F)cc(-c3nc(Nc4ccc(C5CCN(C6CC7(CCN(c8ccc9c(c8)C(=O)N(C8CCC(=O)NC8=O)C9=O)CC7)C6)CC5)cn4)ncc3F)cc21. The highest BCUT2D eigenvalue weighted by molar-refractivity contribution is 6.23. The van der Waals surface area contributed by atoms with Gasteiger partial charge in [0.05, 0.1) is 29.6 Å². The van der Waals surface area contributed by atoms with Crippen molar-refractivity contribution < 1.29 is 32.7 Å². The first-order valence-electron chi connectivity index (χ1n) is 21.8. The molecule has 2 aromatic carbocycles. The number of hydrogen-bond donors (Lipinski definition) is 2. The van der Waals surface area contributed by atoms with Crippen molar-refractivity contribution in [3.63, 3.8) is 0 Å². The first-order valence-corrected chi connectivity index (χ1v) is 21.8. The first-order chi connectivity index (χ1) is 29.9. The third-order valence-electron chi connectivity index (χ3n) is 14.0. The van der Waals surface area contributed by atoms with Crippen LogP contribution in [-0.4, -0.2) is 106 Å². The van der Waals surface area contributed by atoms with Crippen LogP contribution in [0.1, 0.15) is 97.4 Å². The molecule has 4 aromatic rings. The molecule has 322 valence electrons. The predicted octanol–water partition coefficient (Wildman–Crippen LogP) is 6.20. The molecule has 0 bridgehead atoms. The molecular weight excluding hydrogens is 797 g/mol. The minimum absolute atomic E-state index is 0.0131. The van der Waals surface area contributed by atoms with Gasteiger partial charge in [0.15, 0.2) is 17.4 Å². The molecule has 0 radical (unpaired) electrons. The smallest absolute Gasteiger partial charge is 0.262 e. The van der Waals surface area contributed by atoms with E-state index in [0.29, 0.717) is 58.7 Å². The number of anilines is 4. The van der Waals surface area contributed by atoms with Gasteiger partial charge >= 0.3 is 0 Å². The zero-order valence-corrected chi connectivity index (χ0v) is 34.8. The van der Waals surface area contributed by atoms with Crippen LogP contribution < -0.4 is 25.2 Å². The predicted molar refractivity (Wildman–Crippen MR) is 226 cm³/mol. The van der Waals surface area contributed by atoms with Gasteiger partial charge in [0.1, 0.15) is 24.2 Å². The van der Waals surface area contributed by atoms with Crippen LogP contribution in [0.2, 0.25) is 0 Å². The molecule has 14 nitrogen and oxygen atoms in total. The number of benzene rings is 2. The lowest BCUT2D eigenvalue weighted by Crippen LogP contribution is -2.56. The van der Waals surface area contributed by atoms with Crippen LogP contribution in [0.15, 0.2) is 54.9 Å². The fourth-order valence-corrected chi connectivity index (χ4v) is 10.5. The van der Waals surface area contributed by atoms with Gasteiger partial charge in [-0.1, -0.05) is 6.07 Å². The summed E-state index contributed by atoms with van der Waals surface area (Å²) in [6.45, 7) is 8.84. The van der Waals surface area contributed by atoms with E-state index in [2.05, 4.69) is 41.5 Å². The van der Waals surface area contributed by atoms with Crippen molar-refractivity contribution in [3.8, 4) is 17.0 Å². The van der Waals surface area contributed by atoms with Gasteiger partial charge in [-0.2, -0.15) is 0 Å². The second-order valence-electron chi connectivity index (χ2n) is 18.0. The maximum atomic E-state index is 15.2. The van der Waals surface area contributed by atoms with E-state index >= 15 is 8.78 Å². The molecule has 1 atom stereocenters. The average Bonchev–Trinajstić information content (AvgIpc) is 3.51. The lowest BCUT2D eigenvalue weighted by atomic mass is 9.59. The van der Waals surface area contributed by atoms with E-state index in [4.69, 9.17) is 4.74 Å². The average molecular weight is 846 g/mol. The number of carbonyl (C=O) groups is 4. The second-order valence-corrected chi connectivity index (χ2v) is 18.0. The second kappa shape index (κ2) is 15.7. The number of halogens is 2. The first kappa shape index (κ1) is 40.1. The Morgan fingerprint density at radius 2 is 1.63 bits per heavy atom. The maximum absolute atomic E-state index is 15.2. The van der Waals surface area contributed by atoms with Gasteiger partial charge in [-0.05, 0) is 125 Å². The maximum Gasteiger partial charge on any atom is 0.262 e. The Kier molecular flexibility index (Phi) is 10.1. The highest BCUT2D eigenvalue weighted by Crippen LogP contribution is 2.52. The number of hydrogen-bond acceptors (Lipinski definition) is 12. The zero-order chi connectivity index (χ0) is 42.9. The van der Waals surface area contributed by atoms with E-state index in [9.17, 15) is 19.2 Å². The molecule has 10 rings (SSSR count). The van der Waals surface area contributed by atoms with Crippen molar-refractivity contribution in [3.05, 3.63) is 83.2 Å². The van der Waals surface area contributed by atoms with E-state index in [1.165, 1.54) is 24.5 Å². The summed E-state index contributed by atoms with van der Waals surface area (Å²) in [4.78, 5) is 71.9. The summed E-state index contributed by atoms with van der Waals surface area (Å²) in [5.74, 6) is -1.92. The van der Waals surface area contributed by atoms with E-state index < -0.39 is 41.3 Å². The van der Waals surface area contributed by atoms with Crippen molar-refractivity contribution in [1.29, 1.82) is 0 Å². The van der Waals surface area contributed by atoms with Crippen LogP contribution >= 0.6 is 0 Å². The Bertz CT molecular complexity index is 2460. The number of aromatic nitrogens is 3. The summed E-state index contributed by atoms with van der Waals surface area (Å²) >= 11 is 0. The Hall–Kier alpha value is -6.03. The highest BCUT2D eigenvalue weighted by Gasteiger charge is 2.49. The van der Waals surface area contributed by atoms with Gasteiger partial charge in [-0.25, -0.2) is 23.7 Å². The zero-order valence-electron chi connectivity index (χ0n) is 34.8. The summed E-state index contributed by atoms with van der Waals surface area (Å²) < 4.78 is 35.9. The molecule has 5 aliphatic heterocycles. The molecule has 1 unspecified atom stereocenters. The van der Waals surface area contributed by atoms with Crippen LogP contribution in [0.5, 0.6) is 5.75 Å². The topological polar surface area (TPSA) is 153 Å². The summed E-state index contributed by atoms with van der Waals surface area (Å²) in [6, 6.07) is 12.0. The normalized spacial score (nSPS) is 21.8. The van der Waals surface area contributed by atoms with E-state index in [1.54, 1.807) is 18.2 Å². The molecular formula is C46H49F2N9O5. The number of pyridine rings is 1. The number of ether oxygens (including phenoxy) is 1. The largest absolute Gasteiger partial charge is 0.486 e. The molecule has 2 N–H and O–H groups in total. The summed E-state index contributed by atoms with van der Waals surface area (Å²) in [6.07, 6.45) is 9.81. The van der Waals surface area contributed by atoms with Gasteiger partial charge in [0.25, 0.3) is 11.8 Å². The number of likely N-dealkylation sites (tertiary alicyclic amines) is 1. The molecule has 16 heteroatoms. The van der Waals surface area contributed by atoms with Crippen molar-refractivity contribution >= 4 is 46.8 Å². The minimum atomic E-state index is -0.973. The molecule has 1 saturated carbocycles. The van der Waals surface area contributed by atoms with Crippen molar-refractivity contribution in [2.75, 3.05) is 54.4 Å².